The van der Waals surface area contributed by atoms with E-state index in [-0.39, 0.29) is 11.9 Å². The number of hydrogen-bond acceptors (Lipinski definition) is 5. The first-order chi connectivity index (χ1) is 9.83. The highest BCUT2D eigenvalue weighted by molar-refractivity contribution is 5.94. The Morgan fingerprint density at radius 1 is 1.50 bits per heavy atom. The predicted octanol–water partition coefficient (Wildman–Crippen LogP) is 0.194. The SMILES string of the molecule is O=C(Nc1ccc(-n2cccn2)nc1)[C@H]1COCCN1. The van der Waals surface area contributed by atoms with Crippen LogP contribution in [0.2, 0.25) is 0 Å². The summed E-state index contributed by atoms with van der Waals surface area (Å²) in [7, 11) is 0. The van der Waals surface area contributed by atoms with E-state index in [2.05, 4.69) is 20.7 Å². The minimum atomic E-state index is -0.311. The molecule has 104 valence electrons. The predicted molar refractivity (Wildman–Crippen MR) is 72.6 cm³/mol. The molecule has 2 aromatic rings. The van der Waals surface area contributed by atoms with Gasteiger partial charge in [0.25, 0.3) is 0 Å². The summed E-state index contributed by atoms with van der Waals surface area (Å²) in [5.41, 5.74) is 0.651. The van der Waals surface area contributed by atoms with E-state index < -0.39 is 0 Å². The van der Waals surface area contributed by atoms with Crippen LogP contribution < -0.4 is 10.6 Å². The third-order valence-corrected chi connectivity index (χ3v) is 2.99. The van der Waals surface area contributed by atoms with Crippen LogP contribution in [0.25, 0.3) is 5.82 Å². The van der Waals surface area contributed by atoms with Crippen LogP contribution in [0.1, 0.15) is 0 Å². The molecule has 1 aliphatic rings. The second-order valence-corrected chi connectivity index (χ2v) is 4.43. The minimum Gasteiger partial charge on any atom is -0.378 e. The van der Waals surface area contributed by atoms with Gasteiger partial charge in [-0.05, 0) is 18.2 Å². The first-order valence-electron chi connectivity index (χ1n) is 6.41. The van der Waals surface area contributed by atoms with Crippen molar-refractivity contribution in [2.75, 3.05) is 25.1 Å². The van der Waals surface area contributed by atoms with Gasteiger partial charge < -0.3 is 15.4 Å². The van der Waals surface area contributed by atoms with Crippen LogP contribution in [0.15, 0.2) is 36.8 Å². The molecule has 1 amide bonds. The third-order valence-electron chi connectivity index (χ3n) is 2.99. The van der Waals surface area contributed by atoms with Gasteiger partial charge >= 0.3 is 0 Å². The van der Waals surface area contributed by atoms with Crippen molar-refractivity contribution >= 4 is 11.6 Å². The van der Waals surface area contributed by atoms with Gasteiger partial charge in [0.05, 0.1) is 25.1 Å². The van der Waals surface area contributed by atoms with Gasteiger partial charge in [-0.2, -0.15) is 5.10 Å². The zero-order valence-electron chi connectivity index (χ0n) is 10.8. The number of nitrogens with one attached hydrogen (secondary N) is 2. The number of carbonyl (C=O) groups excluding carboxylic acids is 1. The van der Waals surface area contributed by atoms with E-state index in [4.69, 9.17) is 4.74 Å². The number of nitrogens with zero attached hydrogens (tertiary/aromatic N) is 3. The quantitative estimate of drug-likeness (QED) is 0.834. The summed E-state index contributed by atoms with van der Waals surface area (Å²) in [6, 6.07) is 5.11. The Bertz CT molecular complexity index is 561. The van der Waals surface area contributed by atoms with Gasteiger partial charge in [0.15, 0.2) is 5.82 Å². The Hall–Kier alpha value is -2.25. The second kappa shape index (κ2) is 5.81. The van der Waals surface area contributed by atoms with E-state index in [0.717, 1.165) is 0 Å². The minimum absolute atomic E-state index is 0.113. The van der Waals surface area contributed by atoms with Crippen molar-refractivity contribution in [2.24, 2.45) is 0 Å². The molecule has 0 unspecified atom stereocenters. The van der Waals surface area contributed by atoms with Crippen molar-refractivity contribution in [2.45, 2.75) is 6.04 Å². The van der Waals surface area contributed by atoms with E-state index in [1.807, 2.05) is 12.3 Å². The lowest BCUT2D eigenvalue weighted by atomic mass is 10.2. The van der Waals surface area contributed by atoms with Gasteiger partial charge in [-0.1, -0.05) is 0 Å². The molecule has 7 heteroatoms. The molecule has 0 aromatic carbocycles. The van der Waals surface area contributed by atoms with E-state index in [1.54, 1.807) is 29.2 Å². The molecule has 0 radical (unpaired) electrons. The molecule has 0 aliphatic carbocycles. The lowest BCUT2D eigenvalue weighted by Gasteiger charge is -2.22. The maximum Gasteiger partial charge on any atom is 0.243 e. The second-order valence-electron chi connectivity index (χ2n) is 4.43. The number of ether oxygens (including phenoxy) is 1. The highest BCUT2D eigenvalue weighted by Crippen LogP contribution is 2.09. The number of pyridine rings is 1. The molecule has 3 heterocycles. The van der Waals surface area contributed by atoms with Gasteiger partial charge in [-0.25, -0.2) is 9.67 Å². The number of anilines is 1. The molecule has 0 saturated carbocycles. The first-order valence-corrected chi connectivity index (χ1v) is 6.41. The number of morpholine rings is 1. The highest BCUT2D eigenvalue weighted by atomic mass is 16.5. The molecule has 20 heavy (non-hydrogen) atoms. The van der Waals surface area contributed by atoms with Crippen molar-refractivity contribution in [1.29, 1.82) is 0 Å². The summed E-state index contributed by atoms with van der Waals surface area (Å²) in [5.74, 6) is 0.588. The average Bonchev–Trinajstić information content (AvgIpc) is 3.03. The van der Waals surface area contributed by atoms with E-state index in [9.17, 15) is 4.79 Å². The van der Waals surface area contributed by atoms with E-state index >= 15 is 0 Å². The van der Waals surface area contributed by atoms with Crippen molar-refractivity contribution in [3.05, 3.63) is 36.8 Å². The Labute approximate surface area is 116 Å². The summed E-state index contributed by atoms with van der Waals surface area (Å²) in [4.78, 5) is 16.2. The molecule has 1 atom stereocenters. The maximum absolute atomic E-state index is 12.0. The summed E-state index contributed by atoms with van der Waals surface area (Å²) in [6.07, 6.45) is 5.11. The lowest BCUT2D eigenvalue weighted by Crippen LogP contribution is -2.48. The monoisotopic (exact) mass is 273 g/mol. The van der Waals surface area contributed by atoms with Gasteiger partial charge in [-0.3, -0.25) is 4.79 Å². The van der Waals surface area contributed by atoms with Gasteiger partial charge in [0, 0.05) is 18.9 Å². The Balaban J connectivity index is 1.64. The molecule has 0 spiro atoms. The normalized spacial score (nSPS) is 18.7. The number of aromatic nitrogens is 3. The standard InChI is InChI=1S/C13H15N5O2/c19-13(11-9-20-7-5-14-11)17-10-2-3-12(15-8-10)18-6-1-4-16-18/h1-4,6,8,11,14H,5,7,9H2,(H,17,19)/t11-/m1/s1. The van der Waals surface area contributed by atoms with Gasteiger partial charge in [0.2, 0.25) is 5.91 Å². The number of carbonyl (C=O) groups is 1. The molecule has 1 saturated heterocycles. The Morgan fingerprint density at radius 3 is 3.10 bits per heavy atom. The van der Waals surface area contributed by atoms with E-state index in [1.165, 1.54) is 0 Å². The fourth-order valence-electron chi connectivity index (χ4n) is 1.96. The molecule has 7 nitrogen and oxygen atoms in total. The van der Waals surface area contributed by atoms with Crippen LogP contribution in [0.3, 0.4) is 0 Å². The largest absolute Gasteiger partial charge is 0.378 e. The fourth-order valence-corrected chi connectivity index (χ4v) is 1.96. The van der Waals surface area contributed by atoms with E-state index in [0.29, 0.717) is 31.3 Å². The van der Waals surface area contributed by atoms with Crippen molar-refractivity contribution in [3.8, 4) is 5.82 Å². The van der Waals surface area contributed by atoms with Crippen molar-refractivity contribution in [3.63, 3.8) is 0 Å². The fraction of sp³-hybridized carbons (Fsp3) is 0.308. The highest BCUT2D eigenvalue weighted by Gasteiger charge is 2.21. The zero-order valence-corrected chi connectivity index (χ0v) is 10.8. The van der Waals surface area contributed by atoms with Gasteiger partial charge in [0.1, 0.15) is 6.04 Å². The molecule has 2 N–H and O–H groups in total. The molecule has 2 aromatic heterocycles. The molecule has 3 rings (SSSR count). The van der Waals surface area contributed by atoms with Crippen molar-refractivity contribution in [1.82, 2.24) is 20.1 Å². The van der Waals surface area contributed by atoms with Crippen LogP contribution in [0.5, 0.6) is 0 Å². The zero-order chi connectivity index (χ0) is 13.8. The molecule has 1 fully saturated rings. The summed E-state index contributed by atoms with van der Waals surface area (Å²) in [5, 5.41) is 10.0. The molecular weight excluding hydrogens is 258 g/mol. The summed E-state index contributed by atoms with van der Waals surface area (Å²) >= 11 is 0. The summed E-state index contributed by atoms with van der Waals surface area (Å²) in [6.45, 7) is 1.73. The maximum atomic E-state index is 12.0. The third kappa shape index (κ3) is 2.84. The van der Waals surface area contributed by atoms with Crippen LogP contribution in [0, 0.1) is 0 Å². The number of amides is 1. The first kappa shape index (κ1) is 12.8. The molecular formula is C13H15N5O2. The van der Waals surface area contributed by atoms with Crippen molar-refractivity contribution < 1.29 is 9.53 Å². The Morgan fingerprint density at radius 2 is 2.45 bits per heavy atom. The van der Waals surface area contributed by atoms with Crippen LogP contribution in [0.4, 0.5) is 5.69 Å². The average molecular weight is 273 g/mol. The van der Waals surface area contributed by atoms with Crippen LogP contribution in [-0.2, 0) is 9.53 Å². The van der Waals surface area contributed by atoms with Gasteiger partial charge in [-0.15, -0.1) is 0 Å². The summed E-state index contributed by atoms with van der Waals surface area (Å²) < 4.78 is 6.91. The Kier molecular flexibility index (Phi) is 3.71. The number of rotatable bonds is 3. The molecule has 0 bridgehead atoms. The van der Waals surface area contributed by atoms with Crippen LogP contribution >= 0.6 is 0 Å². The van der Waals surface area contributed by atoms with Crippen LogP contribution in [-0.4, -0.2) is 46.5 Å². The molecule has 1 aliphatic heterocycles. The lowest BCUT2D eigenvalue weighted by molar-refractivity contribution is -0.120. The number of hydrogen-bond donors (Lipinski definition) is 2. The smallest absolute Gasteiger partial charge is 0.243 e. The topological polar surface area (TPSA) is 81.1 Å².